The minimum absolute atomic E-state index is 0. The van der Waals surface area contributed by atoms with E-state index in [9.17, 15) is 4.39 Å². The van der Waals surface area contributed by atoms with E-state index in [1.54, 1.807) is 19.2 Å². The molecular formula is C18H27FIN5O2. The predicted octanol–water partition coefficient (Wildman–Crippen LogP) is 3.13. The molecule has 0 bridgehead atoms. The Morgan fingerprint density at radius 3 is 2.52 bits per heavy atom. The zero-order valence-corrected chi connectivity index (χ0v) is 18.4. The zero-order valence-electron chi connectivity index (χ0n) is 16.0. The Kier molecular flexibility index (Phi) is 10.0. The number of halogens is 2. The standard InChI is InChI=1S/C18H26FN5O2.HI/c1-12(2)17-23-16(26-24-17)9-10-21-18(20-4)22-11-13(3)25-15-7-5-14(19)6-8-15;/h5-8,12-13H,9-11H2,1-4H3,(H2,20,21,22);1H. The van der Waals surface area contributed by atoms with Gasteiger partial charge in [-0.1, -0.05) is 19.0 Å². The molecule has 9 heteroatoms. The van der Waals surface area contributed by atoms with Gasteiger partial charge in [-0.3, -0.25) is 4.99 Å². The monoisotopic (exact) mass is 491 g/mol. The van der Waals surface area contributed by atoms with Crippen molar-refractivity contribution < 1.29 is 13.7 Å². The van der Waals surface area contributed by atoms with Gasteiger partial charge in [0.05, 0.1) is 6.54 Å². The average molecular weight is 491 g/mol. The summed E-state index contributed by atoms with van der Waals surface area (Å²) in [6.07, 6.45) is 0.505. The maximum Gasteiger partial charge on any atom is 0.228 e. The minimum Gasteiger partial charge on any atom is -0.489 e. The number of guanidine groups is 1. The van der Waals surface area contributed by atoms with Crippen molar-refractivity contribution in [1.29, 1.82) is 0 Å². The van der Waals surface area contributed by atoms with E-state index in [0.29, 0.717) is 42.9 Å². The molecule has 0 aliphatic carbocycles. The highest BCUT2D eigenvalue weighted by Crippen LogP contribution is 2.12. The van der Waals surface area contributed by atoms with Gasteiger partial charge in [0.1, 0.15) is 17.7 Å². The molecule has 0 aliphatic rings. The molecule has 1 atom stereocenters. The average Bonchev–Trinajstić information content (AvgIpc) is 3.09. The summed E-state index contributed by atoms with van der Waals surface area (Å²) < 4.78 is 23.8. The van der Waals surface area contributed by atoms with Crippen LogP contribution in [0.15, 0.2) is 33.8 Å². The molecule has 7 nitrogen and oxygen atoms in total. The number of aliphatic imine (C=N–C) groups is 1. The summed E-state index contributed by atoms with van der Waals surface area (Å²) in [7, 11) is 1.70. The normalized spacial score (nSPS) is 12.4. The summed E-state index contributed by atoms with van der Waals surface area (Å²) in [4.78, 5) is 8.50. The van der Waals surface area contributed by atoms with Gasteiger partial charge in [-0.15, -0.1) is 24.0 Å². The van der Waals surface area contributed by atoms with E-state index in [4.69, 9.17) is 9.26 Å². The first-order chi connectivity index (χ1) is 12.5. The van der Waals surface area contributed by atoms with Crippen LogP contribution in [0.4, 0.5) is 4.39 Å². The molecule has 27 heavy (non-hydrogen) atoms. The summed E-state index contributed by atoms with van der Waals surface area (Å²) in [6, 6.07) is 5.96. The molecule has 1 aromatic heterocycles. The van der Waals surface area contributed by atoms with Gasteiger partial charge in [0.2, 0.25) is 5.89 Å². The summed E-state index contributed by atoms with van der Waals surface area (Å²) in [5, 5.41) is 10.3. The summed E-state index contributed by atoms with van der Waals surface area (Å²) in [5.74, 6) is 2.56. The second kappa shape index (κ2) is 11.7. The van der Waals surface area contributed by atoms with Gasteiger partial charge in [-0.2, -0.15) is 4.98 Å². The second-order valence-electron chi connectivity index (χ2n) is 6.21. The van der Waals surface area contributed by atoms with Gasteiger partial charge in [0.15, 0.2) is 11.8 Å². The van der Waals surface area contributed by atoms with Crippen LogP contribution in [0.1, 0.15) is 38.4 Å². The van der Waals surface area contributed by atoms with Crippen molar-refractivity contribution in [3.8, 4) is 5.75 Å². The highest BCUT2D eigenvalue weighted by molar-refractivity contribution is 14.0. The summed E-state index contributed by atoms with van der Waals surface area (Å²) in [6.45, 7) is 7.14. The van der Waals surface area contributed by atoms with E-state index in [1.165, 1.54) is 12.1 Å². The number of rotatable bonds is 8. The van der Waals surface area contributed by atoms with Crippen LogP contribution in [-0.4, -0.2) is 42.3 Å². The Bertz CT molecular complexity index is 706. The minimum atomic E-state index is -0.283. The largest absolute Gasteiger partial charge is 0.489 e. The number of ether oxygens (including phenoxy) is 1. The lowest BCUT2D eigenvalue weighted by Crippen LogP contribution is -2.42. The fraction of sp³-hybridized carbons (Fsp3) is 0.500. The number of benzene rings is 1. The lowest BCUT2D eigenvalue weighted by atomic mass is 10.2. The van der Waals surface area contributed by atoms with E-state index < -0.39 is 0 Å². The molecule has 1 unspecified atom stereocenters. The maximum atomic E-state index is 12.9. The lowest BCUT2D eigenvalue weighted by molar-refractivity contribution is 0.223. The van der Waals surface area contributed by atoms with Crippen molar-refractivity contribution in [3.63, 3.8) is 0 Å². The van der Waals surface area contributed by atoms with Crippen LogP contribution in [0.3, 0.4) is 0 Å². The van der Waals surface area contributed by atoms with Gasteiger partial charge in [0.25, 0.3) is 0 Å². The van der Waals surface area contributed by atoms with Crippen molar-refractivity contribution in [3.05, 3.63) is 41.8 Å². The van der Waals surface area contributed by atoms with E-state index in [-0.39, 0.29) is 41.8 Å². The van der Waals surface area contributed by atoms with Crippen LogP contribution in [0.25, 0.3) is 0 Å². The first-order valence-corrected chi connectivity index (χ1v) is 8.67. The molecule has 1 aromatic carbocycles. The molecule has 1 heterocycles. The quantitative estimate of drug-likeness (QED) is 0.336. The van der Waals surface area contributed by atoms with Crippen molar-refractivity contribution in [1.82, 2.24) is 20.8 Å². The van der Waals surface area contributed by atoms with Gasteiger partial charge < -0.3 is 19.9 Å². The Morgan fingerprint density at radius 1 is 1.22 bits per heavy atom. The predicted molar refractivity (Wildman–Crippen MR) is 113 cm³/mol. The van der Waals surface area contributed by atoms with Crippen molar-refractivity contribution in [2.75, 3.05) is 20.1 Å². The lowest BCUT2D eigenvalue weighted by Gasteiger charge is -2.17. The van der Waals surface area contributed by atoms with Gasteiger partial charge in [-0.05, 0) is 31.2 Å². The molecule has 0 spiro atoms. The van der Waals surface area contributed by atoms with E-state index in [2.05, 4.69) is 25.8 Å². The fourth-order valence-corrected chi connectivity index (χ4v) is 2.14. The van der Waals surface area contributed by atoms with Crippen molar-refractivity contribution in [2.24, 2.45) is 4.99 Å². The summed E-state index contributed by atoms with van der Waals surface area (Å²) >= 11 is 0. The number of nitrogens with zero attached hydrogens (tertiary/aromatic N) is 3. The Hall–Kier alpha value is -1.91. The third kappa shape index (κ3) is 8.10. The van der Waals surface area contributed by atoms with Gasteiger partial charge in [0, 0.05) is 25.9 Å². The third-order valence-corrected chi connectivity index (χ3v) is 3.56. The van der Waals surface area contributed by atoms with E-state index in [1.807, 2.05) is 20.8 Å². The Labute approximate surface area is 176 Å². The molecule has 0 radical (unpaired) electrons. The molecule has 2 rings (SSSR count). The molecule has 150 valence electrons. The van der Waals surface area contributed by atoms with Crippen LogP contribution in [0.5, 0.6) is 5.75 Å². The van der Waals surface area contributed by atoms with Gasteiger partial charge >= 0.3 is 0 Å². The topological polar surface area (TPSA) is 84.6 Å². The van der Waals surface area contributed by atoms with Crippen molar-refractivity contribution >= 4 is 29.9 Å². The van der Waals surface area contributed by atoms with Gasteiger partial charge in [-0.25, -0.2) is 4.39 Å². The summed E-state index contributed by atoms with van der Waals surface area (Å²) in [5.41, 5.74) is 0. The molecule has 0 saturated heterocycles. The molecular weight excluding hydrogens is 464 g/mol. The highest BCUT2D eigenvalue weighted by Gasteiger charge is 2.10. The Balaban J connectivity index is 0.00000364. The van der Waals surface area contributed by atoms with E-state index >= 15 is 0 Å². The van der Waals surface area contributed by atoms with Crippen molar-refractivity contribution in [2.45, 2.75) is 39.2 Å². The molecule has 2 aromatic rings. The maximum absolute atomic E-state index is 12.9. The number of aromatic nitrogens is 2. The number of nitrogens with one attached hydrogen (secondary N) is 2. The molecule has 0 saturated carbocycles. The van der Waals surface area contributed by atoms with Crippen LogP contribution in [0.2, 0.25) is 0 Å². The first-order valence-electron chi connectivity index (χ1n) is 8.67. The third-order valence-electron chi connectivity index (χ3n) is 3.56. The van der Waals surface area contributed by atoms with Crippen LogP contribution in [-0.2, 0) is 6.42 Å². The molecule has 0 fully saturated rings. The SMILES string of the molecule is CN=C(NCCc1nc(C(C)C)no1)NCC(C)Oc1ccc(F)cc1.I. The number of hydrogen-bond acceptors (Lipinski definition) is 5. The van der Waals surface area contributed by atoms with Crippen LogP contribution >= 0.6 is 24.0 Å². The second-order valence-corrected chi connectivity index (χ2v) is 6.21. The molecule has 2 N–H and O–H groups in total. The van der Waals surface area contributed by atoms with Crippen LogP contribution < -0.4 is 15.4 Å². The Morgan fingerprint density at radius 2 is 1.93 bits per heavy atom. The number of hydrogen-bond donors (Lipinski definition) is 2. The molecule has 0 aliphatic heterocycles. The fourth-order valence-electron chi connectivity index (χ4n) is 2.14. The van der Waals surface area contributed by atoms with E-state index in [0.717, 1.165) is 0 Å². The molecule has 0 amide bonds. The van der Waals surface area contributed by atoms with Crippen LogP contribution in [0, 0.1) is 5.82 Å². The smallest absolute Gasteiger partial charge is 0.228 e. The first kappa shape index (κ1) is 23.1. The zero-order chi connectivity index (χ0) is 18.9. The highest BCUT2D eigenvalue weighted by atomic mass is 127.